The molecule has 31 nitrogen and oxygen atoms in total. The maximum absolute atomic E-state index is 12.9. The average Bonchev–Trinajstić information content (AvgIpc) is 0.840. The molecule has 13 rings (SSSR count). The van der Waals surface area contributed by atoms with E-state index in [2.05, 4.69) is 133 Å². The van der Waals surface area contributed by atoms with Gasteiger partial charge in [-0.15, -0.1) is 0 Å². The van der Waals surface area contributed by atoms with Crippen molar-refractivity contribution >= 4 is 114 Å². The molecule has 0 atom stereocenters. The SMILES string of the molecule is CC(C)(CN)CNC(=O)c1ccc(Cc2nc(NCc3ccc(OCCCBr)c(Cl)c3)nc(OCC(F)(F)F)n2)cc1.CC(C)(CNC(=O)OC(C)(C)C)CNC(=O)c1ccc(Cc2nc(NCc3ccc(OCCCBr)c(Cl)c3)nc(OCC(F)(F)F)n2)cc1.CC1(C)CNCCCOc2ccc(cc2Cl)CNc2nc(nc(OCC(F)(F)F)n2)Cc2ccc(cc2)C(=O)NC1.O=C(O)C(F)(F)F. The van der Waals surface area contributed by atoms with Crippen molar-refractivity contribution in [1.82, 2.24) is 71.4 Å². The molecule has 4 aliphatic rings. The third kappa shape index (κ3) is 45.2. The van der Waals surface area contributed by atoms with Gasteiger partial charge in [0.15, 0.2) is 19.8 Å². The second-order valence-corrected chi connectivity index (χ2v) is 37.1. The summed E-state index contributed by atoms with van der Waals surface area (Å²) in [6, 6.07) is 34.7. The van der Waals surface area contributed by atoms with E-state index < -0.39 is 85.6 Å². The van der Waals surface area contributed by atoms with Crippen LogP contribution in [0.1, 0.15) is 164 Å². The van der Waals surface area contributed by atoms with Gasteiger partial charge in [0, 0.05) is 99.0 Å². The van der Waals surface area contributed by atoms with Gasteiger partial charge in [-0.25, -0.2) is 9.59 Å². The molecular formula is C91H107Br2Cl3F12N18O13. The minimum atomic E-state index is -5.08. The van der Waals surface area contributed by atoms with Crippen LogP contribution in [0.15, 0.2) is 127 Å². The lowest BCUT2D eigenvalue weighted by molar-refractivity contribution is -0.192. The molecule has 3 aromatic heterocycles. The zero-order chi connectivity index (χ0) is 103. The molecule has 4 aliphatic heterocycles. The number of amides is 4. The highest BCUT2D eigenvalue weighted by atomic mass is 79.9. The van der Waals surface area contributed by atoms with E-state index in [4.69, 9.17) is 83.6 Å². The molecule has 6 aromatic carbocycles. The average molecular weight is 2160 g/mol. The number of nitrogens with two attached hydrogens (primary N) is 1. The number of carboxylic acid groups (broad SMARTS) is 1. The van der Waals surface area contributed by atoms with Gasteiger partial charge in [0.2, 0.25) is 17.8 Å². The molecule has 0 aliphatic carbocycles. The lowest BCUT2D eigenvalue weighted by Crippen LogP contribution is -2.43. The fourth-order valence-electron chi connectivity index (χ4n) is 11.4. The Morgan fingerprint density at radius 3 is 1.42 bits per heavy atom. The van der Waals surface area contributed by atoms with Crippen LogP contribution >= 0.6 is 66.7 Å². The highest BCUT2D eigenvalue weighted by molar-refractivity contribution is 9.09. The smallest absolute Gasteiger partial charge is 0.490 e. The first-order valence-corrected chi connectivity index (χ1v) is 46.3. The summed E-state index contributed by atoms with van der Waals surface area (Å²) in [5.74, 6) is -1.26. The molecule has 0 saturated heterocycles. The Kier molecular flexibility index (Phi) is 44.4. The quantitative estimate of drug-likeness (QED) is 0.0104. The number of benzene rings is 6. The van der Waals surface area contributed by atoms with E-state index in [1.807, 2.05) is 33.8 Å². The Balaban J connectivity index is 0.000000275. The van der Waals surface area contributed by atoms with Crippen LogP contribution in [0.3, 0.4) is 0 Å². The molecule has 7 heterocycles. The van der Waals surface area contributed by atoms with E-state index in [1.54, 1.807) is 142 Å². The van der Waals surface area contributed by atoms with Crippen molar-refractivity contribution in [2.75, 3.05) is 112 Å². The Morgan fingerprint density at radius 2 is 0.978 bits per heavy atom. The van der Waals surface area contributed by atoms with Crippen molar-refractivity contribution in [3.63, 3.8) is 0 Å². The first-order chi connectivity index (χ1) is 65.2. The normalized spacial score (nSPS) is 13.2. The van der Waals surface area contributed by atoms with Gasteiger partial charge in [-0.05, 0) is 176 Å². The molecule has 11 N–H and O–H groups in total. The van der Waals surface area contributed by atoms with Gasteiger partial charge in [0.25, 0.3) is 17.7 Å². The number of nitrogens with zero attached hydrogens (tertiary/aromatic N) is 9. The number of anilines is 3. The van der Waals surface area contributed by atoms with Gasteiger partial charge in [-0.1, -0.05) is 163 Å². The summed E-state index contributed by atoms with van der Waals surface area (Å²) in [5.41, 5.74) is 10.1. The number of carboxylic acids is 1. The molecule has 6 bridgehead atoms. The molecule has 9 aromatic rings. The number of halogens is 17. The standard InChI is InChI=1S/C33H41BrClF3N6O5.C28H33BrClF3N6O3.C28H32ClF3N6O3.C2HF3O2/c1-31(2,3)49-30(46)41-19-32(4,5)18-40-27(45)23-10-7-21(8-11-23)16-26-42-28(44-29(43-26)48-20-33(36,37)38)39-17-22-9-12-25(24(35)15-22)47-14-6-13-34;1-27(2,15-34)16-36-24(40)20-7-4-18(5-8-20)13-23-37-25(39-26(38-23)42-17-28(31,32)33)35-14-19-6-9-22(21(30)12-19)41-11-3-10-29;1-27(2)15-33-10-3-11-40-22-9-6-19(12-21(22)29)14-34-25-36-23(37-26(38-25)41-17-28(30,31)32)13-18-4-7-20(8-5-18)24(39)35-16-27;3-2(4,5)1(6)7/h7-12,15H,6,13-14,16-20H2,1-5H3,(H,40,45)(H,41,46)(H,39,42,43,44);4-9,12H,3,10-11,13-17,34H2,1-2H3,(H,36,40)(H,35,37,38,39);4-9,12,33H,3,10-11,13-17H2,1-2H3,(H,35,39)(H,34,36,37,38);(H,6,7). The van der Waals surface area contributed by atoms with Crippen LogP contribution in [-0.2, 0) is 48.4 Å². The fraction of sp³-hybridized carbons (Fsp3) is 0.451. The van der Waals surface area contributed by atoms with Crippen LogP contribution in [0.5, 0.6) is 35.3 Å². The van der Waals surface area contributed by atoms with Crippen LogP contribution in [0.2, 0.25) is 15.1 Å². The minimum Gasteiger partial charge on any atom is -0.492 e. The van der Waals surface area contributed by atoms with E-state index >= 15 is 0 Å². The maximum atomic E-state index is 12.9. The first kappa shape index (κ1) is 115. The molecule has 139 heavy (non-hydrogen) atoms. The van der Waals surface area contributed by atoms with Crippen molar-refractivity contribution < 1.29 is 115 Å². The Labute approximate surface area is 825 Å². The number of aliphatic carboxylic acids is 1. The molecule has 4 amide bonds. The lowest BCUT2D eigenvalue weighted by atomic mass is 9.93. The van der Waals surface area contributed by atoms with Crippen LogP contribution in [0, 0.1) is 16.2 Å². The molecule has 0 saturated carbocycles. The Bertz CT molecular complexity index is 5470. The van der Waals surface area contributed by atoms with Crippen LogP contribution in [0.25, 0.3) is 0 Å². The van der Waals surface area contributed by atoms with Gasteiger partial charge in [-0.2, -0.15) is 97.5 Å². The van der Waals surface area contributed by atoms with Crippen molar-refractivity contribution in [1.29, 1.82) is 0 Å². The van der Waals surface area contributed by atoms with Gasteiger partial charge >= 0.3 is 54.8 Å². The van der Waals surface area contributed by atoms with E-state index in [1.165, 1.54) is 0 Å². The van der Waals surface area contributed by atoms with E-state index in [-0.39, 0.29) is 116 Å². The van der Waals surface area contributed by atoms with Crippen LogP contribution in [-0.4, -0.2) is 206 Å². The monoisotopic (exact) mass is 2150 g/mol. The molecule has 0 unspecified atom stereocenters. The van der Waals surface area contributed by atoms with Crippen molar-refractivity contribution in [3.05, 3.63) is 210 Å². The summed E-state index contributed by atoms with van der Waals surface area (Å²) in [6.07, 6.45) is -16.5. The Hall–Kier alpha value is -11.4. The van der Waals surface area contributed by atoms with E-state index in [9.17, 15) is 71.9 Å². The predicted octanol–water partition coefficient (Wildman–Crippen LogP) is 18.1. The predicted molar refractivity (Wildman–Crippen MR) is 504 cm³/mol. The molecule has 758 valence electrons. The Morgan fingerprint density at radius 1 is 0.525 bits per heavy atom. The number of carbonyl (C=O) groups is 5. The van der Waals surface area contributed by atoms with E-state index in [0.29, 0.717) is 101 Å². The third-order valence-electron chi connectivity index (χ3n) is 18.7. The van der Waals surface area contributed by atoms with Gasteiger partial charge in [0.1, 0.15) is 40.3 Å². The number of alkyl halides is 14. The van der Waals surface area contributed by atoms with Crippen LogP contribution in [0.4, 0.5) is 75.3 Å². The van der Waals surface area contributed by atoms with Gasteiger partial charge in [-0.3, -0.25) is 14.4 Å². The second-order valence-electron chi connectivity index (χ2n) is 34.3. The van der Waals surface area contributed by atoms with Gasteiger partial charge < -0.3 is 86.5 Å². The summed E-state index contributed by atoms with van der Waals surface area (Å²) in [4.78, 5) is 96.2. The van der Waals surface area contributed by atoms with Crippen molar-refractivity contribution in [2.24, 2.45) is 22.0 Å². The number of ether oxygens (including phenoxy) is 7. The number of alkyl carbamates (subject to hydrolysis) is 1. The van der Waals surface area contributed by atoms with Gasteiger partial charge in [0.05, 0.1) is 34.9 Å². The molecule has 0 spiro atoms. The maximum Gasteiger partial charge on any atom is 0.490 e. The van der Waals surface area contributed by atoms with Crippen molar-refractivity contribution in [3.8, 4) is 35.3 Å². The zero-order valence-corrected chi connectivity index (χ0v) is 82.4. The number of hydrogen-bond donors (Lipinski definition) is 10. The zero-order valence-electron chi connectivity index (χ0n) is 77.0. The second kappa shape index (κ2) is 53.8. The number of hydrogen-bond acceptors (Lipinski definition) is 26. The highest BCUT2D eigenvalue weighted by Gasteiger charge is 2.39. The molecular weight excluding hydrogens is 2050 g/mol. The number of rotatable bonds is 33. The first-order valence-electron chi connectivity index (χ1n) is 42.9. The minimum absolute atomic E-state index is 0.00992. The summed E-state index contributed by atoms with van der Waals surface area (Å²) >= 11 is 25.8. The number of nitrogens with one attached hydrogen (secondary N) is 8. The number of carbonyl (C=O) groups excluding carboxylic acids is 4. The summed E-state index contributed by atoms with van der Waals surface area (Å²) < 4.78 is 184. The summed E-state index contributed by atoms with van der Waals surface area (Å²) in [5, 5.41) is 33.8. The highest BCUT2D eigenvalue weighted by Crippen LogP contribution is 2.32. The van der Waals surface area contributed by atoms with Crippen LogP contribution < -0.4 is 76.7 Å². The largest absolute Gasteiger partial charge is 0.492 e. The fourth-order valence-corrected chi connectivity index (χ4v) is 12.6. The number of aromatic nitrogens is 9. The third-order valence-corrected chi connectivity index (χ3v) is 20.7. The summed E-state index contributed by atoms with van der Waals surface area (Å²) in [6.45, 7) is 18.0. The van der Waals surface area contributed by atoms with E-state index in [0.717, 1.165) is 64.3 Å². The lowest BCUT2D eigenvalue weighted by Gasteiger charge is -2.26. The summed E-state index contributed by atoms with van der Waals surface area (Å²) in [7, 11) is 0. The molecule has 0 fully saturated rings. The molecule has 48 heteroatoms. The topological polar surface area (TPSA) is 408 Å². The molecule has 0 radical (unpaired) electrons. The van der Waals surface area contributed by atoms with Crippen molar-refractivity contribution in [2.45, 2.75) is 151 Å².